The molecule has 1 saturated carbocycles. The molecule has 24 heavy (non-hydrogen) atoms. The first-order valence-electron chi connectivity index (χ1n) is 8.56. The van der Waals surface area contributed by atoms with Gasteiger partial charge in [-0.05, 0) is 43.7 Å². The van der Waals surface area contributed by atoms with Gasteiger partial charge >= 0.3 is 0 Å². The van der Waals surface area contributed by atoms with Crippen LogP contribution in [0.5, 0.6) is 0 Å². The Bertz CT molecular complexity index is 682. The maximum Gasteiger partial charge on any atom is 0.257 e. The molecule has 2 aliphatic rings. The van der Waals surface area contributed by atoms with Crippen molar-refractivity contribution in [3.05, 3.63) is 35.7 Å². The predicted molar refractivity (Wildman–Crippen MR) is 88.0 cm³/mol. The monoisotopic (exact) mass is 329 g/mol. The van der Waals surface area contributed by atoms with E-state index in [-0.39, 0.29) is 0 Å². The Morgan fingerprint density at radius 1 is 1.08 bits per heavy atom. The molecule has 6 heteroatoms. The number of rotatable bonds is 3. The molecule has 4 atom stereocenters. The Hall–Kier alpha value is -1.76. The molecular weight excluding hydrogens is 306 g/mol. The first-order valence-corrected chi connectivity index (χ1v) is 8.56. The molecule has 0 radical (unpaired) electrons. The van der Waals surface area contributed by atoms with Gasteiger partial charge in [0.2, 0.25) is 0 Å². The van der Waals surface area contributed by atoms with Crippen LogP contribution in [0.1, 0.15) is 24.2 Å². The SMILES string of the molecule is Cc1ccc(-c2nc(CN3C[C@H]4C[C@H](O)[C@@H](O)C[C@H]4C3)no2)cc1. The van der Waals surface area contributed by atoms with Crippen LogP contribution >= 0.6 is 0 Å². The summed E-state index contributed by atoms with van der Waals surface area (Å²) in [4.78, 5) is 6.80. The maximum absolute atomic E-state index is 9.84. The summed E-state index contributed by atoms with van der Waals surface area (Å²) in [7, 11) is 0. The first kappa shape index (κ1) is 15.7. The fourth-order valence-corrected chi connectivity index (χ4v) is 3.97. The quantitative estimate of drug-likeness (QED) is 0.890. The van der Waals surface area contributed by atoms with Crippen LogP contribution in [0.4, 0.5) is 0 Å². The molecule has 2 heterocycles. The smallest absolute Gasteiger partial charge is 0.257 e. The molecule has 4 rings (SSSR count). The molecule has 1 aliphatic heterocycles. The maximum atomic E-state index is 9.84. The van der Waals surface area contributed by atoms with Crippen molar-refractivity contribution in [3.8, 4) is 11.5 Å². The van der Waals surface area contributed by atoms with Gasteiger partial charge in [0.05, 0.1) is 18.8 Å². The summed E-state index contributed by atoms with van der Waals surface area (Å²) in [5, 5.41) is 23.8. The second-order valence-corrected chi connectivity index (χ2v) is 7.20. The lowest BCUT2D eigenvalue weighted by atomic mass is 9.79. The fraction of sp³-hybridized carbons (Fsp3) is 0.556. The lowest BCUT2D eigenvalue weighted by Gasteiger charge is -2.32. The van der Waals surface area contributed by atoms with Crippen molar-refractivity contribution in [2.45, 2.75) is 38.5 Å². The number of aliphatic hydroxyl groups excluding tert-OH is 2. The zero-order valence-electron chi connectivity index (χ0n) is 13.8. The normalized spacial score (nSPS) is 30.5. The van der Waals surface area contributed by atoms with Crippen LogP contribution in [-0.2, 0) is 6.54 Å². The van der Waals surface area contributed by atoms with Crippen LogP contribution in [0.3, 0.4) is 0 Å². The standard InChI is InChI=1S/C18H23N3O3/c1-11-2-4-12(5-3-11)18-19-17(20-24-18)10-21-8-13-6-15(22)16(23)7-14(13)9-21/h2-5,13-16,22-23H,6-10H2,1H3/t13-,14+,15-,16-/m0/s1. The summed E-state index contributed by atoms with van der Waals surface area (Å²) < 4.78 is 5.39. The highest BCUT2D eigenvalue weighted by Gasteiger charge is 2.41. The number of hydrogen-bond acceptors (Lipinski definition) is 6. The average molecular weight is 329 g/mol. The highest BCUT2D eigenvalue weighted by atomic mass is 16.5. The van der Waals surface area contributed by atoms with Gasteiger partial charge in [-0.15, -0.1) is 0 Å². The second kappa shape index (κ2) is 6.27. The van der Waals surface area contributed by atoms with E-state index in [0.717, 1.165) is 18.7 Å². The Morgan fingerprint density at radius 3 is 2.33 bits per heavy atom. The summed E-state index contributed by atoms with van der Waals surface area (Å²) >= 11 is 0. The summed E-state index contributed by atoms with van der Waals surface area (Å²) in [5.41, 5.74) is 2.13. The van der Waals surface area contributed by atoms with Crippen LogP contribution in [0.25, 0.3) is 11.5 Å². The molecule has 2 N–H and O–H groups in total. The fourth-order valence-electron chi connectivity index (χ4n) is 3.97. The largest absolute Gasteiger partial charge is 0.390 e. The molecule has 0 unspecified atom stereocenters. The molecule has 0 amide bonds. The van der Waals surface area contributed by atoms with Gasteiger partial charge in [-0.2, -0.15) is 4.98 Å². The van der Waals surface area contributed by atoms with Crippen molar-refractivity contribution < 1.29 is 14.7 Å². The molecule has 1 aliphatic carbocycles. The Labute approximate surface area is 141 Å². The second-order valence-electron chi connectivity index (χ2n) is 7.20. The Kier molecular flexibility index (Phi) is 4.12. The number of nitrogens with zero attached hydrogens (tertiary/aromatic N) is 3. The molecule has 128 valence electrons. The number of likely N-dealkylation sites (tertiary alicyclic amines) is 1. The van der Waals surface area contributed by atoms with Gasteiger partial charge in [-0.1, -0.05) is 22.9 Å². The molecule has 1 aromatic heterocycles. The van der Waals surface area contributed by atoms with Gasteiger partial charge in [-0.3, -0.25) is 4.90 Å². The Morgan fingerprint density at radius 2 is 1.71 bits per heavy atom. The van der Waals surface area contributed by atoms with Gasteiger partial charge in [-0.25, -0.2) is 0 Å². The summed E-state index contributed by atoms with van der Waals surface area (Å²) in [6.07, 6.45) is 0.209. The van der Waals surface area contributed by atoms with Crippen molar-refractivity contribution in [2.75, 3.05) is 13.1 Å². The number of aliphatic hydroxyl groups is 2. The number of aromatic nitrogens is 2. The van der Waals surface area contributed by atoms with Crippen molar-refractivity contribution >= 4 is 0 Å². The van der Waals surface area contributed by atoms with Crippen molar-refractivity contribution in [1.29, 1.82) is 0 Å². The summed E-state index contributed by atoms with van der Waals surface area (Å²) in [6.45, 7) is 4.53. The van der Waals surface area contributed by atoms with Crippen LogP contribution < -0.4 is 0 Å². The van der Waals surface area contributed by atoms with E-state index in [1.54, 1.807) is 0 Å². The molecule has 1 saturated heterocycles. The van der Waals surface area contributed by atoms with E-state index in [9.17, 15) is 10.2 Å². The minimum Gasteiger partial charge on any atom is -0.390 e. The topological polar surface area (TPSA) is 82.6 Å². The lowest BCUT2D eigenvalue weighted by molar-refractivity contribution is -0.0372. The minimum atomic E-state index is -0.579. The minimum absolute atomic E-state index is 0.451. The average Bonchev–Trinajstić information content (AvgIpc) is 3.16. The Balaban J connectivity index is 1.41. The van der Waals surface area contributed by atoms with E-state index >= 15 is 0 Å². The van der Waals surface area contributed by atoms with Gasteiger partial charge < -0.3 is 14.7 Å². The van der Waals surface area contributed by atoms with Gasteiger partial charge in [0.15, 0.2) is 5.82 Å². The van der Waals surface area contributed by atoms with Crippen molar-refractivity contribution in [2.24, 2.45) is 11.8 Å². The van der Waals surface area contributed by atoms with E-state index in [4.69, 9.17) is 4.52 Å². The van der Waals surface area contributed by atoms with Crippen LogP contribution in [0.2, 0.25) is 0 Å². The van der Waals surface area contributed by atoms with E-state index in [1.165, 1.54) is 5.56 Å². The molecular formula is C18H23N3O3. The van der Waals surface area contributed by atoms with Gasteiger partial charge in [0.25, 0.3) is 5.89 Å². The van der Waals surface area contributed by atoms with Gasteiger partial charge in [0, 0.05) is 18.7 Å². The number of aryl methyl sites for hydroxylation is 1. The van der Waals surface area contributed by atoms with Crippen LogP contribution in [0.15, 0.2) is 28.8 Å². The molecule has 1 aromatic carbocycles. The van der Waals surface area contributed by atoms with E-state index in [2.05, 4.69) is 15.0 Å². The number of hydrogen-bond donors (Lipinski definition) is 2. The highest BCUT2D eigenvalue weighted by molar-refractivity contribution is 5.53. The predicted octanol–water partition coefficient (Wildman–Crippen LogP) is 1.61. The number of fused-ring (bicyclic) bond motifs is 1. The third-order valence-corrected chi connectivity index (χ3v) is 5.32. The van der Waals surface area contributed by atoms with Crippen molar-refractivity contribution in [1.82, 2.24) is 15.0 Å². The van der Waals surface area contributed by atoms with E-state index in [1.807, 2.05) is 31.2 Å². The molecule has 0 bridgehead atoms. The third kappa shape index (κ3) is 3.09. The molecule has 6 nitrogen and oxygen atoms in total. The highest BCUT2D eigenvalue weighted by Crippen LogP contribution is 2.36. The molecule has 2 fully saturated rings. The summed E-state index contributed by atoms with van der Waals surface area (Å²) in [6, 6.07) is 8.03. The van der Waals surface area contributed by atoms with Gasteiger partial charge in [0.1, 0.15) is 0 Å². The first-order chi connectivity index (χ1) is 11.6. The summed E-state index contributed by atoms with van der Waals surface area (Å²) in [5.74, 6) is 2.14. The van der Waals surface area contributed by atoms with E-state index in [0.29, 0.717) is 42.9 Å². The van der Waals surface area contributed by atoms with Crippen LogP contribution in [0, 0.1) is 18.8 Å². The third-order valence-electron chi connectivity index (χ3n) is 5.32. The van der Waals surface area contributed by atoms with E-state index < -0.39 is 12.2 Å². The van der Waals surface area contributed by atoms with Crippen LogP contribution in [-0.4, -0.2) is 50.6 Å². The molecule has 2 aromatic rings. The zero-order valence-corrected chi connectivity index (χ0v) is 13.8. The lowest BCUT2D eigenvalue weighted by Crippen LogP contribution is -2.38. The molecule has 0 spiro atoms. The van der Waals surface area contributed by atoms with Crippen molar-refractivity contribution in [3.63, 3.8) is 0 Å². The number of benzene rings is 1. The zero-order chi connectivity index (χ0) is 16.7.